The number of anilines is 1. The van der Waals surface area contributed by atoms with Gasteiger partial charge in [-0.2, -0.15) is 0 Å². The largest absolute Gasteiger partial charge is 0.488 e. The molecule has 4 heterocycles. The zero-order valence-electron chi connectivity index (χ0n) is 19.2. The van der Waals surface area contributed by atoms with Crippen molar-refractivity contribution in [3.8, 4) is 5.75 Å². The summed E-state index contributed by atoms with van der Waals surface area (Å²) >= 11 is 1.57. The molecule has 0 atom stereocenters. The molecule has 2 aliphatic heterocycles. The Balaban J connectivity index is 1.12. The molecule has 1 aliphatic carbocycles. The van der Waals surface area contributed by atoms with E-state index in [2.05, 4.69) is 32.3 Å². The average molecular weight is 480 g/mol. The number of aromatic nitrogens is 3. The first-order chi connectivity index (χ1) is 16.7. The summed E-state index contributed by atoms with van der Waals surface area (Å²) in [4.78, 5) is 29.1. The Morgan fingerprint density at radius 1 is 1.12 bits per heavy atom. The molecule has 2 aromatic heterocycles. The molecule has 0 spiro atoms. The summed E-state index contributed by atoms with van der Waals surface area (Å²) in [5.41, 5.74) is 3.80. The van der Waals surface area contributed by atoms with Crippen LogP contribution in [0.5, 0.6) is 5.75 Å². The SMILES string of the molecule is O=C1NCCc2nc(CC3CCC(Oc4cc(N5CCOCC5)cc5nccnc45)CC3)sc21. The molecule has 6 rings (SSSR count). The highest BCUT2D eigenvalue weighted by molar-refractivity contribution is 7.13. The predicted molar refractivity (Wildman–Crippen MR) is 131 cm³/mol. The van der Waals surface area contributed by atoms with Gasteiger partial charge in [0.25, 0.3) is 5.91 Å². The van der Waals surface area contributed by atoms with Gasteiger partial charge in [-0.15, -0.1) is 11.3 Å². The summed E-state index contributed by atoms with van der Waals surface area (Å²) in [5, 5.41) is 4.02. The number of thiazole rings is 1. The van der Waals surface area contributed by atoms with Crippen LogP contribution in [0.3, 0.4) is 0 Å². The van der Waals surface area contributed by atoms with Crippen LogP contribution < -0.4 is 15.0 Å². The van der Waals surface area contributed by atoms with E-state index < -0.39 is 0 Å². The van der Waals surface area contributed by atoms with Crippen LogP contribution in [0.1, 0.15) is 46.1 Å². The van der Waals surface area contributed by atoms with Gasteiger partial charge >= 0.3 is 0 Å². The molecule has 3 aliphatic rings. The van der Waals surface area contributed by atoms with Crippen LogP contribution in [0.2, 0.25) is 0 Å². The number of hydrogen-bond acceptors (Lipinski definition) is 8. The molecule has 2 fully saturated rings. The summed E-state index contributed by atoms with van der Waals surface area (Å²) in [7, 11) is 0. The normalized spacial score (nSPS) is 22.9. The summed E-state index contributed by atoms with van der Waals surface area (Å²) in [6, 6.07) is 4.23. The maximum Gasteiger partial charge on any atom is 0.263 e. The van der Waals surface area contributed by atoms with Gasteiger partial charge < -0.3 is 19.7 Å². The third-order valence-electron chi connectivity index (χ3n) is 7.05. The fraction of sp³-hybridized carbons (Fsp3) is 0.520. The number of carbonyl (C=O) groups excluding carboxylic acids is 1. The number of amides is 1. The lowest BCUT2D eigenvalue weighted by atomic mass is 9.85. The highest BCUT2D eigenvalue weighted by Crippen LogP contribution is 2.35. The number of nitrogens with one attached hydrogen (secondary N) is 1. The Labute approximate surface area is 202 Å². The lowest BCUT2D eigenvalue weighted by Gasteiger charge is -2.31. The molecule has 1 saturated heterocycles. The van der Waals surface area contributed by atoms with Crippen molar-refractivity contribution in [1.29, 1.82) is 0 Å². The van der Waals surface area contributed by atoms with Crippen LogP contribution in [-0.4, -0.2) is 59.8 Å². The standard InChI is InChI=1S/C25H29N5O3S/c31-25-24-19(5-6-28-25)29-22(34-24)13-16-1-3-18(4-2-16)33-21-15-17(30-9-11-32-12-10-30)14-20-23(21)27-8-7-26-20/h7-8,14-16,18H,1-6,9-13H2,(H,28,31). The molecule has 1 amide bonds. The van der Waals surface area contributed by atoms with E-state index in [9.17, 15) is 4.79 Å². The molecule has 178 valence electrons. The molecule has 0 unspecified atom stereocenters. The summed E-state index contributed by atoms with van der Waals surface area (Å²) in [6.07, 6.45) is 9.68. The molecule has 0 radical (unpaired) electrons. The van der Waals surface area contributed by atoms with Crippen molar-refractivity contribution in [2.75, 3.05) is 37.7 Å². The second-order valence-corrected chi connectivity index (χ2v) is 10.4. The van der Waals surface area contributed by atoms with Gasteiger partial charge in [0.2, 0.25) is 0 Å². The van der Waals surface area contributed by atoms with Gasteiger partial charge in [0.05, 0.1) is 35.5 Å². The number of morpholine rings is 1. The molecular formula is C25H29N5O3S. The minimum atomic E-state index is 0.0387. The minimum absolute atomic E-state index is 0.0387. The second-order valence-electron chi connectivity index (χ2n) is 9.32. The van der Waals surface area contributed by atoms with Crippen molar-refractivity contribution >= 4 is 34.0 Å². The zero-order chi connectivity index (χ0) is 22.9. The molecule has 0 bridgehead atoms. The smallest absolute Gasteiger partial charge is 0.263 e. The predicted octanol–water partition coefficient (Wildman–Crippen LogP) is 3.39. The third-order valence-corrected chi connectivity index (χ3v) is 8.16. The number of rotatable bonds is 5. The zero-order valence-corrected chi connectivity index (χ0v) is 20.0. The Kier molecular flexibility index (Phi) is 6.05. The lowest BCUT2D eigenvalue weighted by Crippen LogP contribution is -2.36. The van der Waals surface area contributed by atoms with Gasteiger partial charge in [0, 0.05) is 56.6 Å². The Bertz CT molecular complexity index is 1180. The highest BCUT2D eigenvalue weighted by Gasteiger charge is 2.27. The van der Waals surface area contributed by atoms with E-state index in [1.54, 1.807) is 23.7 Å². The summed E-state index contributed by atoms with van der Waals surface area (Å²) < 4.78 is 12.1. The Morgan fingerprint density at radius 2 is 1.94 bits per heavy atom. The van der Waals surface area contributed by atoms with Gasteiger partial charge in [-0.3, -0.25) is 9.78 Å². The number of fused-ring (bicyclic) bond motifs is 2. The van der Waals surface area contributed by atoms with Gasteiger partial charge in [-0.1, -0.05) is 0 Å². The minimum Gasteiger partial charge on any atom is -0.488 e. The third kappa shape index (κ3) is 4.46. The fourth-order valence-electron chi connectivity index (χ4n) is 5.21. The number of ether oxygens (including phenoxy) is 2. The molecule has 3 aromatic rings. The molecule has 1 saturated carbocycles. The molecule has 1 N–H and O–H groups in total. The molecule has 1 aromatic carbocycles. The molecule has 8 nitrogen and oxygen atoms in total. The van der Waals surface area contributed by atoms with E-state index in [-0.39, 0.29) is 12.0 Å². The molecule has 34 heavy (non-hydrogen) atoms. The van der Waals surface area contributed by atoms with Crippen molar-refractivity contribution in [2.45, 2.75) is 44.6 Å². The Hall–Kier alpha value is -2.78. The summed E-state index contributed by atoms with van der Waals surface area (Å²) in [5.74, 6) is 1.46. The Morgan fingerprint density at radius 3 is 2.76 bits per heavy atom. The van der Waals surface area contributed by atoms with Crippen LogP contribution in [0.15, 0.2) is 24.5 Å². The maximum atomic E-state index is 12.0. The van der Waals surface area contributed by atoms with E-state index in [0.717, 1.165) is 103 Å². The van der Waals surface area contributed by atoms with E-state index in [4.69, 9.17) is 14.5 Å². The van der Waals surface area contributed by atoms with E-state index in [1.807, 2.05) is 0 Å². The van der Waals surface area contributed by atoms with Crippen molar-refractivity contribution in [3.05, 3.63) is 40.1 Å². The van der Waals surface area contributed by atoms with Gasteiger partial charge in [-0.05, 0) is 37.7 Å². The van der Waals surface area contributed by atoms with Crippen LogP contribution in [0, 0.1) is 5.92 Å². The quantitative estimate of drug-likeness (QED) is 0.600. The number of carbonyl (C=O) groups is 1. The van der Waals surface area contributed by atoms with E-state index in [0.29, 0.717) is 12.5 Å². The molecular weight excluding hydrogens is 450 g/mol. The van der Waals surface area contributed by atoms with Crippen molar-refractivity contribution in [1.82, 2.24) is 20.3 Å². The number of benzene rings is 1. The first kappa shape index (κ1) is 21.7. The van der Waals surface area contributed by atoms with Crippen LogP contribution in [-0.2, 0) is 17.6 Å². The van der Waals surface area contributed by atoms with Crippen LogP contribution >= 0.6 is 11.3 Å². The monoisotopic (exact) mass is 479 g/mol. The van der Waals surface area contributed by atoms with Crippen molar-refractivity contribution in [3.63, 3.8) is 0 Å². The average Bonchev–Trinajstić information content (AvgIpc) is 3.29. The maximum absolute atomic E-state index is 12.0. The number of hydrogen-bond donors (Lipinski definition) is 1. The highest BCUT2D eigenvalue weighted by atomic mass is 32.1. The van der Waals surface area contributed by atoms with E-state index in [1.165, 1.54) is 0 Å². The van der Waals surface area contributed by atoms with Gasteiger partial charge in [-0.25, -0.2) is 9.97 Å². The van der Waals surface area contributed by atoms with Gasteiger partial charge in [0.1, 0.15) is 16.1 Å². The summed E-state index contributed by atoms with van der Waals surface area (Å²) in [6.45, 7) is 3.93. The topological polar surface area (TPSA) is 89.5 Å². The van der Waals surface area contributed by atoms with E-state index >= 15 is 0 Å². The first-order valence-electron chi connectivity index (χ1n) is 12.2. The van der Waals surface area contributed by atoms with Crippen molar-refractivity contribution in [2.24, 2.45) is 5.92 Å². The molecule has 9 heteroatoms. The van der Waals surface area contributed by atoms with Gasteiger partial charge in [0.15, 0.2) is 0 Å². The fourth-order valence-corrected chi connectivity index (χ4v) is 6.35. The first-order valence-corrected chi connectivity index (χ1v) is 13.1. The van der Waals surface area contributed by atoms with Crippen molar-refractivity contribution < 1.29 is 14.3 Å². The van der Waals surface area contributed by atoms with Crippen LogP contribution in [0.4, 0.5) is 5.69 Å². The number of nitrogens with zero attached hydrogens (tertiary/aromatic N) is 4. The second kappa shape index (κ2) is 9.46. The van der Waals surface area contributed by atoms with Crippen LogP contribution in [0.25, 0.3) is 11.0 Å². The lowest BCUT2D eigenvalue weighted by molar-refractivity contribution is 0.0950.